The van der Waals surface area contributed by atoms with Crippen molar-refractivity contribution >= 4 is 28.2 Å². The Morgan fingerprint density at radius 3 is 2.67 bits per heavy atom. The SMILES string of the molecule is Nc1cc(-c2cccc3cccnc23)ccc1Cl. The molecule has 0 spiro atoms. The molecule has 3 aromatic rings. The van der Waals surface area contributed by atoms with Crippen LogP contribution in [0, 0.1) is 0 Å². The van der Waals surface area contributed by atoms with Crippen LogP contribution in [0.5, 0.6) is 0 Å². The van der Waals surface area contributed by atoms with Gasteiger partial charge in [-0.25, -0.2) is 0 Å². The first-order valence-corrected chi connectivity index (χ1v) is 6.02. The molecule has 18 heavy (non-hydrogen) atoms. The van der Waals surface area contributed by atoms with Crippen LogP contribution in [-0.4, -0.2) is 4.98 Å². The molecule has 1 heterocycles. The maximum Gasteiger partial charge on any atom is 0.0780 e. The summed E-state index contributed by atoms with van der Waals surface area (Å²) in [5.74, 6) is 0. The average molecular weight is 255 g/mol. The van der Waals surface area contributed by atoms with E-state index in [0.29, 0.717) is 10.7 Å². The lowest BCUT2D eigenvalue weighted by Crippen LogP contribution is -1.89. The largest absolute Gasteiger partial charge is 0.398 e. The third kappa shape index (κ3) is 1.81. The van der Waals surface area contributed by atoms with Crippen LogP contribution >= 0.6 is 11.6 Å². The lowest BCUT2D eigenvalue weighted by atomic mass is 10.0. The number of anilines is 1. The van der Waals surface area contributed by atoms with Gasteiger partial charge in [0.1, 0.15) is 0 Å². The Hall–Kier alpha value is -2.06. The highest BCUT2D eigenvalue weighted by atomic mass is 35.5. The molecule has 0 saturated heterocycles. The summed E-state index contributed by atoms with van der Waals surface area (Å²) in [6, 6.07) is 15.7. The maximum absolute atomic E-state index is 5.95. The first kappa shape index (κ1) is 11.1. The van der Waals surface area contributed by atoms with Crippen LogP contribution in [0.3, 0.4) is 0 Å². The second kappa shape index (κ2) is 4.31. The van der Waals surface area contributed by atoms with Crippen molar-refractivity contribution in [3.8, 4) is 11.1 Å². The van der Waals surface area contributed by atoms with E-state index in [1.54, 1.807) is 6.20 Å². The number of rotatable bonds is 1. The number of aromatic nitrogens is 1. The average Bonchev–Trinajstić information content (AvgIpc) is 2.41. The maximum atomic E-state index is 5.95. The fraction of sp³-hybridized carbons (Fsp3) is 0. The Morgan fingerprint density at radius 1 is 1.00 bits per heavy atom. The van der Waals surface area contributed by atoms with Crippen molar-refractivity contribution in [1.29, 1.82) is 0 Å². The molecule has 0 atom stereocenters. The fourth-order valence-corrected chi connectivity index (χ4v) is 2.17. The van der Waals surface area contributed by atoms with Crippen LogP contribution in [0.15, 0.2) is 54.7 Å². The number of para-hydroxylation sites is 1. The zero-order chi connectivity index (χ0) is 12.5. The van der Waals surface area contributed by atoms with E-state index in [1.807, 2.05) is 48.5 Å². The molecule has 2 N–H and O–H groups in total. The summed E-state index contributed by atoms with van der Waals surface area (Å²) in [7, 11) is 0. The highest BCUT2D eigenvalue weighted by Gasteiger charge is 2.06. The number of nitrogen functional groups attached to an aromatic ring is 1. The van der Waals surface area contributed by atoms with Gasteiger partial charge in [0, 0.05) is 17.1 Å². The number of pyridine rings is 1. The molecule has 0 unspecified atom stereocenters. The molecule has 1 aromatic heterocycles. The summed E-state index contributed by atoms with van der Waals surface area (Å²) in [6.45, 7) is 0. The van der Waals surface area contributed by atoms with E-state index in [-0.39, 0.29) is 0 Å². The monoisotopic (exact) mass is 254 g/mol. The molecule has 0 aliphatic heterocycles. The normalized spacial score (nSPS) is 10.7. The number of halogens is 1. The molecule has 88 valence electrons. The number of hydrogen-bond acceptors (Lipinski definition) is 2. The van der Waals surface area contributed by atoms with Gasteiger partial charge in [-0.15, -0.1) is 0 Å². The third-order valence-electron chi connectivity index (χ3n) is 2.94. The van der Waals surface area contributed by atoms with Gasteiger partial charge in [0.25, 0.3) is 0 Å². The van der Waals surface area contributed by atoms with Crippen molar-refractivity contribution in [2.45, 2.75) is 0 Å². The van der Waals surface area contributed by atoms with Crippen molar-refractivity contribution in [3.63, 3.8) is 0 Å². The molecule has 0 saturated carbocycles. The van der Waals surface area contributed by atoms with Gasteiger partial charge >= 0.3 is 0 Å². The Labute approximate surface area is 110 Å². The summed E-state index contributed by atoms with van der Waals surface area (Å²) < 4.78 is 0. The molecule has 0 fully saturated rings. The molecule has 0 amide bonds. The lowest BCUT2D eigenvalue weighted by molar-refractivity contribution is 1.41. The third-order valence-corrected chi connectivity index (χ3v) is 3.28. The van der Waals surface area contributed by atoms with Gasteiger partial charge in [-0.2, -0.15) is 0 Å². The second-order valence-corrected chi connectivity index (χ2v) is 4.52. The Kier molecular flexibility index (Phi) is 2.65. The van der Waals surface area contributed by atoms with Crippen LogP contribution in [-0.2, 0) is 0 Å². The van der Waals surface area contributed by atoms with Crippen LogP contribution in [0.4, 0.5) is 5.69 Å². The van der Waals surface area contributed by atoms with E-state index in [2.05, 4.69) is 4.98 Å². The molecule has 0 bridgehead atoms. The van der Waals surface area contributed by atoms with E-state index < -0.39 is 0 Å². The number of benzene rings is 2. The standard InChI is InChI=1S/C15H11ClN2/c16-13-7-6-11(9-14(13)17)12-5-1-3-10-4-2-8-18-15(10)12/h1-9H,17H2. The Balaban J connectivity index is 2.28. The van der Waals surface area contributed by atoms with Crippen LogP contribution in [0.1, 0.15) is 0 Å². The zero-order valence-corrected chi connectivity index (χ0v) is 10.4. The molecular weight excluding hydrogens is 244 g/mol. The van der Waals surface area contributed by atoms with E-state index in [1.165, 1.54) is 0 Å². The number of nitrogens with two attached hydrogens (primary N) is 1. The number of fused-ring (bicyclic) bond motifs is 1. The van der Waals surface area contributed by atoms with E-state index in [0.717, 1.165) is 22.0 Å². The van der Waals surface area contributed by atoms with Crippen LogP contribution in [0.2, 0.25) is 5.02 Å². The predicted molar refractivity (Wildman–Crippen MR) is 76.6 cm³/mol. The van der Waals surface area contributed by atoms with Crippen molar-refractivity contribution in [2.24, 2.45) is 0 Å². The van der Waals surface area contributed by atoms with Gasteiger partial charge in [-0.05, 0) is 23.8 Å². The minimum atomic E-state index is 0.576. The Morgan fingerprint density at radius 2 is 1.83 bits per heavy atom. The number of hydrogen-bond donors (Lipinski definition) is 1. The fourth-order valence-electron chi connectivity index (χ4n) is 2.05. The minimum Gasteiger partial charge on any atom is -0.398 e. The van der Waals surface area contributed by atoms with Gasteiger partial charge in [0.15, 0.2) is 0 Å². The van der Waals surface area contributed by atoms with Crippen molar-refractivity contribution in [3.05, 3.63) is 59.8 Å². The predicted octanol–water partition coefficient (Wildman–Crippen LogP) is 4.14. The molecule has 2 aromatic carbocycles. The summed E-state index contributed by atoms with van der Waals surface area (Å²) in [5, 5.41) is 1.69. The van der Waals surface area contributed by atoms with Gasteiger partial charge in [-0.1, -0.05) is 41.9 Å². The van der Waals surface area contributed by atoms with E-state index >= 15 is 0 Å². The topological polar surface area (TPSA) is 38.9 Å². The Bertz CT molecular complexity index is 717. The first-order valence-electron chi connectivity index (χ1n) is 5.65. The lowest BCUT2D eigenvalue weighted by Gasteiger charge is -2.07. The summed E-state index contributed by atoms with van der Waals surface area (Å²) in [5.41, 5.74) is 9.50. The first-order chi connectivity index (χ1) is 8.75. The van der Waals surface area contributed by atoms with Crippen LogP contribution in [0.25, 0.3) is 22.0 Å². The molecule has 0 aliphatic rings. The quantitative estimate of drug-likeness (QED) is 0.663. The molecular formula is C15H11ClN2. The molecule has 3 rings (SSSR count). The highest BCUT2D eigenvalue weighted by molar-refractivity contribution is 6.33. The van der Waals surface area contributed by atoms with Gasteiger partial charge < -0.3 is 5.73 Å². The second-order valence-electron chi connectivity index (χ2n) is 4.12. The van der Waals surface area contributed by atoms with E-state index in [9.17, 15) is 0 Å². The molecule has 2 nitrogen and oxygen atoms in total. The zero-order valence-electron chi connectivity index (χ0n) is 9.60. The van der Waals surface area contributed by atoms with Crippen molar-refractivity contribution in [2.75, 3.05) is 5.73 Å². The van der Waals surface area contributed by atoms with Gasteiger partial charge in [-0.3, -0.25) is 4.98 Å². The van der Waals surface area contributed by atoms with Crippen molar-refractivity contribution < 1.29 is 0 Å². The minimum absolute atomic E-state index is 0.576. The number of nitrogens with zero attached hydrogens (tertiary/aromatic N) is 1. The van der Waals surface area contributed by atoms with E-state index in [4.69, 9.17) is 17.3 Å². The summed E-state index contributed by atoms with van der Waals surface area (Å²) in [4.78, 5) is 4.44. The smallest absolute Gasteiger partial charge is 0.0780 e. The van der Waals surface area contributed by atoms with Gasteiger partial charge in [0.05, 0.1) is 16.2 Å². The summed E-state index contributed by atoms with van der Waals surface area (Å²) >= 11 is 5.95. The molecule has 0 radical (unpaired) electrons. The van der Waals surface area contributed by atoms with Crippen LogP contribution < -0.4 is 5.73 Å². The van der Waals surface area contributed by atoms with Gasteiger partial charge in [0.2, 0.25) is 0 Å². The highest BCUT2D eigenvalue weighted by Crippen LogP contribution is 2.30. The summed E-state index contributed by atoms with van der Waals surface area (Å²) in [6.07, 6.45) is 1.80. The molecule has 0 aliphatic carbocycles. The van der Waals surface area contributed by atoms with Crippen molar-refractivity contribution in [1.82, 2.24) is 4.98 Å². The molecule has 3 heteroatoms.